The highest BCUT2D eigenvalue weighted by Gasteiger charge is 2.38. The van der Waals surface area contributed by atoms with Crippen molar-refractivity contribution in [2.45, 2.75) is 17.9 Å². The van der Waals surface area contributed by atoms with E-state index in [1.165, 1.54) is 33.5 Å². The third-order valence-corrected chi connectivity index (χ3v) is 6.03. The van der Waals surface area contributed by atoms with Crippen LogP contribution in [0.15, 0.2) is 46.0 Å². The van der Waals surface area contributed by atoms with Gasteiger partial charge in [0.05, 0.1) is 25.6 Å². The first kappa shape index (κ1) is 17.8. The molecule has 1 aliphatic heterocycles. The molecule has 1 aromatic carbocycles. The molecule has 0 aliphatic carbocycles. The summed E-state index contributed by atoms with van der Waals surface area (Å²) in [5.74, 6) is -0.00676. The van der Waals surface area contributed by atoms with Gasteiger partial charge in [-0.05, 0) is 12.1 Å². The van der Waals surface area contributed by atoms with Crippen molar-refractivity contribution in [3.05, 3.63) is 54.3 Å². The third kappa shape index (κ3) is 3.24. The van der Waals surface area contributed by atoms with Crippen LogP contribution in [0.1, 0.15) is 17.8 Å². The number of nitrogens with zero attached hydrogens (tertiary/aromatic N) is 5. The number of aryl methyl sites for hydroxylation is 1. The van der Waals surface area contributed by atoms with Crippen molar-refractivity contribution in [1.82, 2.24) is 24.3 Å². The van der Waals surface area contributed by atoms with Crippen molar-refractivity contribution in [3.63, 3.8) is 0 Å². The molecule has 1 unspecified atom stereocenters. The van der Waals surface area contributed by atoms with Crippen molar-refractivity contribution < 1.29 is 22.0 Å². The third-order valence-electron chi connectivity index (χ3n) is 4.17. The van der Waals surface area contributed by atoms with E-state index >= 15 is 0 Å². The van der Waals surface area contributed by atoms with Crippen molar-refractivity contribution in [3.8, 4) is 5.69 Å². The average molecular weight is 393 g/mol. The molecule has 27 heavy (non-hydrogen) atoms. The first-order valence-corrected chi connectivity index (χ1v) is 9.60. The van der Waals surface area contributed by atoms with Gasteiger partial charge in [0.15, 0.2) is 0 Å². The summed E-state index contributed by atoms with van der Waals surface area (Å²) in [6.45, 7) is 2.09. The van der Waals surface area contributed by atoms with E-state index in [-0.39, 0.29) is 36.2 Å². The van der Waals surface area contributed by atoms with Crippen LogP contribution in [0.4, 0.5) is 4.39 Å². The van der Waals surface area contributed by atoms with Gasteiger partial charge in [0.25, 0.3) is 0 Å². The summed E-state index contributed by atoms with van der Waals surface area (Å²) in [6.07, 6.45) is 2.46. The van der Waals surface area contributed by atoms with Crippen LogP contribution in [-0.2, 0) is 14.8 Å². The summed E-state index contributed by atoms with van der Waals surface area (Å²) in [7, 11) is -3.93. The van der Waals surface area contributed by atoms with Crippen molar-refractivity contribution in [2.24, 2.45) is 0 Å². The van der Waals surface area contributed by atoms with Crippen LogP contribution in [0.5, 0.6) is 0 Å². The molecule has 11 heteroatoms. The molecule has 142 valence electrons. The second-order valence-corrected chi connectivity index (χ2v) is 7.83. The Hall–Kier alpha value is -2.63. The van der Waals surface area contributed by atoms with E-state index in [1.807, 2.05) is 0 Å². The first-order chi connectivity index (χ1) is 13.0. The standard InChI is InChI=1S/C16H16FN5O4S/c1-11-19-20-16(26-11)15-10-25-7-6-22(15)27(23,24)12-8-18-21(9-12)14-5-3-2-4-13(14)17/h2-5,8-9,15H,6-7,10H2,1H3. The van der Waals surface area contributed by atoms with Crippen LogP contribution in [0.25, 0.3) is 5.69 Å². The monoisotopic (exact) mass is 393 g/mol. The minimum atomic E-state index is -3.93. The lowest BCUT2D eigenvalue weighted by Crippen LogP contribution is -2.43. The minimum absolute atomic E-state index is 0.0612. The number of morpholine rings is 1. The summed E-state index contributed by atoms with van der Waals surface area (Å²) in [5, 5.41) is 11.7. The predicted molar refractivity (Wildman–Crippen MR) is 90.0 cm³/mol. The molecule has 4 rings (SSSR count). The van der Waals surface area contributed by atoms with Gasteiger partial charge in [0.1, 0.15) is 22.4 Å². The molecule has 3 heterocycles. The van der Waals surface area contributed by atoms with E-state index in [1.54, 1.807) is 19.1 Å². The Morgan fingerprint density at radius 2 is 2.07 bits per heavy atom. The molecule has 1 saturated heterocycles. The van der Waals surface area contributed by atoms with Crippen LogP contribution in [0.2, 0.25) is 0 Å². The average Bonchev–Trinajstić information content (AvgIpc) is 3.32. The van der Waals surface area contributed by atoms with E-state index < -0.39 is 21.9 Å². The Bertz CT molecular complexity index is 1060. The molecule has 0 saturated carbocycles. The quantitative estimate of drug-likeness (QED) is 0.661. The van der Waals surface area contributed by atoms with Crippen LogP contribution in [0.3, 0.4) is 0 Å². The molecule has 1 aliphatic rings. The summed E-state index contributed by atoms with van der Waals surface area (Å²) in [4.78, 5) is -0.0612. The van der Waals surface area contributed by atoms with E-state index in [0.717, 1.165) is 0 Å². The van der Waals surface area contributed by atoms with Crippen LogP contribution in [-0.4, -0.2) is 52.5 Å². The van der Waals surface area contributed by atoms with Gasteiger partial charge in [0, 0.05) is 13.5 Å². The highest BCUT2D eigenvalue weighted by molar-refractivity contribution is 7.89. The predicted octanol–water partition coefficient (Wildman–Crippen LogP) is 1.47. The van der Waals surface area contributed by atoms with Gasteiger partial charge in [-0.15, -0.1) is 10.2 Å². The van der Waals surface area contributed by atoms with E-state index in [4.69, 9.17) is 9.15 Å². The lowest BCUT2D eigenvalue weighted by atomic mass is 10.3. The van der Waals surface area contributed by atoms with Crippen molar-refractivity contribution in [1.29, 1.82) is 0 Å². The summed E-state index contributed by atoms with van der Waals surface area (Å²) < 4.78 is 53.5. The largest absolute Gasteiger partial charge is 0.424 e. The van der Waals surface area contributed by atoms with Gasteiger partial charge in [-0.1, -0.05) is 12.1 Å². The summed E-state index contributed by atoms with van der Waals surface area (Å²) >= 11 is 0. The Kier molecular flexibility index (Phi) is 4.50. The van der Waals surface area contributed by atoms with Gasteiger partial charge in [-0.2, -0.15) is 9.40 Å². The smallest absolute Gasteiger partial charge is 0.247 e. The molecule has 0 bridgehead atoms. The van der Waals surface area contributed by atoms with Gasteiger partial charge >= 0.3 is 0 Å². The second kappa shape index (κ2) is 6.83. The molecule has 1 atom stereocenters. The molecule has 0 radical (unpaired) electrons. The fourth-order valence-electron chi connectivity index (χ4n) is 2.86. The molecule has 9 nitrogen and oxygen atoms in total. The first-order valence-electron chi connectivity index (χ1n) is 8.16. The molecular weight excluding hydrogens is 377 g/mol. The van der Waals surface area contributed by atoms with Gasteiger partial charge < -0.3 is 9.15 Å². The van der Waals surface area contributed by atoms with Crippen molar-refractivity contribution >= 4 is 10.0 Å². The number of halogens is 1. The molecule has 1 fully saturated rings. The second-order valence-electron chi connectivity index (χ2n) is 5.94. The fourth-order valence-corrected chi connectivity index (χ4v) is 4.35. The van der Waals surface area contributed by atoms with Crippen LogP contribution in [0, 0.1) is 12.7 Å². The number of ether oxygens (including phenoxy) is 1. The maximum Gasteiger partial charge on any atom is 0.247 e. The van der Waals surface area contributed by atoms with Gasteiger partial charge in [-0.3, -0.25) is 0 Å². The maximum atomic E-state index is 14.0. The molecule has 0 amide bonds. The lowest BCUT2D eigenvalue weighted by Gasteiger charge is -2.31. The van der Waals surface area contributed by atoms with Gasteiger partial charge in [0.2, 0.25) is 21.8 Å². The highest BCUT2D eigenvalue weighted by atomic mass is 32.2. The zero-order valence-electron chi connectivity index (χ0n) is 14.3. The Balaban J connectivity index is 1.69. The Labute approximate surface area is 154 Å². The van der Waals surface area contributed by atoms with E-state index in [9.17, 15) is 12.8 Å². The number of hydrogen-bond donors (Lipinski definition) is 0. The number of sulfonamides is 1. The zero-order chi connectivity index (χ0) is 19.0. The Morgan fingerprint density at radius 3 is 2.81 bits per heavy atom. The minimum Gasteiger partial charge on any atom is -0.424 e. The number of hydrogen-bond acceptors (Lipinski definition) is 7. The van der Waals surface area contributed by atoms with Crippen LogP contribution >= 0.6 is 0 Å². The van der Waals surface area contributed by atoms with Crippen molar-refractivity contribution in [2.75, 3.05) is 19.8 Å². The van der Waals surface area contributed by atoms with E-state index in [0.29, 0.717) is 5.89 Å². The summed E-state index contributed by atoms with van der Waals surface area (Å²) in [5.41, 5.74) is 0.157. The molecule has 0 spiro atoms. The Morgan fingerprint density at radius 1 is 1.26 bits per heavy atom. The molecule has 2 aromatic heterocycles. The summed E-state index contributed by atoms with van der Waals surface area (Å²) in [6, 6.07) is 5.25. The molecular formula is C16H16FN5O4S. The molecule has 0 N–H and O–H groups in total. The SMILES string of the molecule is Cc1nnc(C2COCCN2S(=O)(=O)c2cnn(-c3ccccc3F)c2)o1. The number of aromatic nitrogens is 4. The number of rotatable bonds is 4. The highest BCUT2D eigenvalue weighted by Crippen LogP contribution is 2.30. The van der Waals surface area contributed by atoms with Gasteiger partial charge in [-0.25, -0.2) is 17.5 Å². The number of benzene rings is 1. The fraction of sp³-hybridized carbons (Fsp3) is 0.312. The topological polar surface area (TPSA) is 103 Å². The number of para-hydroxylation sites is 1. The molecule has 3 aromatic rings. The maximum absolute atomic E-state index is 14.0. The lowest BCUT2D eigenvalue weighted by molar-refractivity contribution is 0.0221. The van der Waals surface area contributed by atoms with Crippen LogP contribution < -0.4 is 0 Å². The van der Waals surface area contributed by atoms with E-state index in [2.05, 4.69) is 15.3 Å². The normalized spacial score (nSPS) is 18.7. The zero-order valence-corrected chi connectivity index (χ0v) is 15.1.